The maximum absolute atomic E-state index is 12.0. The summed E-state index contributed by atoms with van der Waals surface area (Å²) in [4.78, 5) is 23.9. The lowest BCUT2D eigenvalue weighted by atomic mass is 10.2. The van der Waals surface area contributed by atoms with Crippen LogP contribution in [0.3, 0.4) is 0 Å². The van der Waals surface area contributed by atoms with E-state index < -0.39 is 5.97 Å². The highest BCUT2D eigenvalue weighted by molar-refractivity contribution is 5.91. The van der Waals surface area contributed by atoms with Crippen LogP contribution in [0.5, 0.6) is 11.5 Å². The van der Waals surface area contributed by atoms with Crippen LogP contribution in [0, 0.1) is 0 Å². The first-order chi connectivity index (χ1) is 12.6. The molecule has 6 nitrogen and oxygen atoms in total. The van der Waals surface area contributed by atoms with Crippen molar-refractivity contribution < 1.29 is 23.8 Å². The molecule has 0 aromatic heterocycles. The van der Waals surface area contributed by atoms with Crippen LogP contribution in [-0.2, 0) is 16.1 Å². The normalized spacial score (nSPS) is 10.1. The van der Waals surface area contributed by atoms with Crippen LogP contribution in [-0.4, -0.2) is 32.2 Å². The number of para-hydroxylation sites is 1. The zero-order chi connectivity index (χ0) is 18.8. The highest BCUT2D eigenvalue weighted by atomic mass is 16.5. The summed E-state index contributed by atoms with van der Waals surface area (Å²) < 4.78 is 15.7. The number of ether oxygens (including phenoxy) is 3. The maximum atomic E-state index is 12.0. The largest absolute Gasteiger partial charge is 0.496 e. The van der Waals surface area contributed by atoms with Crippen molar-refractivity contribution >= 4 is 11.9 Å². The van der Waals surface area contributed by atoms with Gasteiger partial charge in [0.1, 0.15) is 11.5 Å². The molecule has 138 valence electrons. The molecule has 1 N–H and O–H groups in total. The van der Waals surface area contributed by atoms with Gasteiger partial charge in [0.05, 0.1) is 19.3 Å². The van der Waals surface area contributed by atoms with Crippen molar-refractivity contribution in [1.82, 2.24) is 5.32 Å². The number of benzene rings is 2. The van der Waals surface area contributed by atoms with Gasteiger partial charge in [0.15, 0.2) is 6.61 Å². The van der Waals surface area contributed by atoms with Gasteiger partial charge in [-0.15, -0.1) is 0 Å². The number of carbonyl (C=O) groups is 2. The molecule has 2 rings (SSSR count). The van der Waals surface area contributed by atoms with Crippen LogP contribution in [0.4, 0.5) is 0 Å². The summed E-state index contributed by atoms with van der Waals surface area (Å²) in [5.74, 6) is 0.444. The molecule has 0 spiro atoms. The van der Waals surface area contributed by atoms with Crippen LogP contribution in [0.25, 0.3) is 0 Å². The SMILES string of the molecule is CCCOc1ccc(C(=O)OCC(=O)NCc2ccccc2OC)cc1. The van der Waals surface area contributed by atoms with E-state index in [0.29, 0.717) is 30.2 Å². The van der Waals surface area contributed by atoms with Crippen molar-refractivity contribution in [2.75, 3.05) is 20.3 Å². The second kappa shape index (κ2) is 10.1. The van der Waals surface area contributed by atoms with Gasteiger partial charge < -0.3 is 19.5 Å². The molecule has 6 heteroatoms. The van der Waals surface area contributed by atoms with Gasteiger partial charge in [-0.3, -0.25) is 4.79 Å². The summed E-state index contributed by atoms with van der Waals surface area (Å²) in [6.45, 7) is 2.59. The van der Waals surface area contributed by atoms with Gasteiger partial charge in [-0.1, -0.05) is 25.1 Å². The number of esters is 1. The Balaban J connectivity index is 1.78. The van der Waals surface area contributed by atoms with E-state index in [4.69, 9.17) is 14.2 Å². The fourth-order valence-electron chi connectivity index (χ4n) is 2.22. The molecule has 0 fully saturated rings. The Morgan fingerprint density at radius 3 is 2.46 bits per heavy atom. The molecule has 0 heterocycles. The molecule has 0 atom stereocenters. The molecule has 0 bridgehead atoms. The van der Waals surface area contributed by atoms with Gasteiger partial charge in [0, 0.05) is 12.1 Å². The molecule has 0 aliphatic carbocycles. The first-order valence-electron chi connectivity index (χ1n) is 8.42. The summed E-state index contributed by atoms with van der Waals surface area (Å²) in [5, 5.41) is 2.70. The summed E-state index contributed by atoms with van der Waals surface area (Å²) in [7, 11) is 1.57. The molecule has 1 amide bonds. The number of hydrogen-bond donors (Lipinski definition) is 1. The second-order valence-electron chi connectivity index (χ2n) is 5.54. The molecular formula is C20H23NO5. The van der Waals surface area contributed by atoms with Crippen molar-refractivity contribution in [3.8, 4) is 11.5 Å². The number of nitrogens with one attached hydrogen (secondary N) is 1. The number of carbonyl (C=O) groups excluding carboxylic acids is 2. The molecule has 0 aliphatic rings. The minimum absolute atomic E-state index is 0.295. The molecule has 0 aliphatic heterocycles. The number of amides is 1. The molecule has 0 unspecified atom stereocenters. The summed E-state index contributed by atoms with van der Waals surface area (Å²) in [5.41, 5.74) is 1.21. The van der Waals surface area contributed by atoms with E-state index in [2.05, 4.69) is 5.32 Å². The van der Waals surface area contributed by atoms with Gasteiger partial charge in [-0.25, -0.2) is 4.79 Å². The quantitative estimate of drug-likeness (QED) is 0.699. The highest BCUT2D eigenvalue weighted by Crippen LogP contribution is 2.16. The van der Waals surface area contributed by atoms with E-state index >= 15 is 0 Å². The Bertz CT molecular complexity index is 727. The lowest BCUT2D eigenvalue weighted by Gasteiger charge is -2.10. The first-order valence-corrected chi connectivity index (χ1v) is 8.42. The van der Waals surface area contributed by atoms with Crippen molar-refractivity contribution in [1.29, 1.82) is 0 Å². The van der Waals surface area contributed by atoms with Gasteiger partial charge in [-0.2, -0.15) is 0 Å². The van der Waals surface area contributed by atoms with Crippen molar-refractivity contribution in [2.45, 2.75) is 19.9 Å². The van der Waals surface area contributed by atoms with E-state index in [1.807, 2.05) is 31.2 Å². The van der Waals surface area contributed by atoms with Crippen LogP contribution >= 0.6 is 0 Å². The van der Waals surface area contributed by atoms with Crippen LogP contribution < -0.4 is 14.8 Å². The Kier molecular flexibility index (Phi) is 7.49. The number of rotatable bonds is 9. The first kappa shape index (κ1) is 19.3. The lowest BCUT2D eigenvalue weighted by Crippen LogP contribution is -2.28. The minimum Gasteiger partial charge on any atom is -0.496 e. The van der Waals surface area contributed by atoms with Crippen molar-refractivity contribution in [2.24, 2.45) is 0 Å². The van der Waals surface area contributed by atoms with E-state index in [1.165, 1.54) is 0 Å². The Morgan fingerprint density at radius 1 is 1.04 bits per heavy atom. The zero-order valence-electron chi connectivity index (χ0n) is 15.0. The Labute approximate surface area is 153 Å². The number of methoxy groups -OCH3 is 1. The number of hydrogen-bond acceptors (Lipinski definition) is 5. The van der Waals surface area contributed by atoms with Gasteiger partial charge in [0.25, 0.3) is 5.91 Å². The zero-order valence-corrected chi connectivity index (χ0v) is 15.0. The Morgan fingerprint density at radius 2 is 1.77 bits per heavy atom. The maximum Gasteiger partial charge on any atom is 0.338 e. The predicted molar refractivity (Wildman–Crippen MR) is 97.4 cm³/mol. The highest BCUT2D eigenvalue weighted by Gasteiger charge is 2.11. The topological polar surface area (TPSA) is 73.9 Å². The van der Waals surface area contributed by atoms with E-state index in [-0.39, 0.29) is 12.5 Å². The summed E-state index contributed by atoms with van der Waals surface area (Å²) in [6, 6.07) is 14.0. The van der Waals surface area contributed by atoms with Crippen LogP contribution in [0.15, 0.2) is 48.5 Å². The Hall–Kier alpha value is -3.02. The molecule has 2 aromatic carbocycles. The smallest absolute Gasteiger partial charge is 0.338 e. The fourth-order valence-corrected chi connectivity index (χ4v) is 2.22. The molecule has 0 saturated carbocycles. The standard InChI is InChI=1S/C20H23NO5/c1-3-12-25-17-10-8-15(9-11-17)20(23)26-14-19(22)21-13-16-6-4-5-7-18(16)24-2/h4-11H,3,12-14H2,1-2H3,(H,21,22). The van der Waals surface area contributed by atoms with Crippen LogP contribution in [0.2, 0.25) is 0 Å². The molecular weight excluding hydrogens is 334 g/mol. The van der Waals surface area contributed by atoms with E-state index in [0.717, 1.165) is 12.0 Å². The monoisotopic (exact) mass is 357 g/mol. The summed E-state index contributed by atoms with van der Waals surface area (Å²) in [6.07, 6.45) is 0.910. The van der Waals surface area contributed by atoms with Crippen molar-refractivity contribution in [3.05, 3.63) is 59.7 Å². The molecule has 0 saturated heterocycles. The fraction of sp³-hybridized carbons (Fsp3) is 0.300. The molecule has 26 heavy (non-hydrogen) atoms. The van der Waals surface area contributed by atoms with Gasteiger partial charge >= 0.3 is 5.97 Å². The molecule has 2 aromatic rings. The summed E-state index contributed by atoms with van der Waals surface area (Å²) >= 11 is 0. The van der Waals surface area contributed by atoms with Crippen molar-refractivity contribution in [3.63, 3.8) is 0 Å². The van der Waals surface area contributed by atoms with Gasteiger partial charge in [-0.05, 0) is 36.8 Å². The third-order valence-corrected chi connectivity index (χ3v) is 3.57. The van der Waals surface area contributed by atoms with E-state index in [1.54, 1.807) is 31.4 Å². The average molecular weight is 357 g/mol. The predicted octanol–water partition coefficient (Wildman–Crippen LogP) is 2.96. The third-order valence-electron chi connectivity index (χ3n) is 3.57. The average Bonchev–Trinajstić information content (AvgIpc) is 2.69. The molecule has 0 radical (unpaired) electrons. The van der Waals surface area contributed by atoms with Crippen LogP contribution in [0.1, 0.15) is 29.3 Å². The lowest BCUT2D eigenvalue weighted by molar-refractivity contribution is -0.124. The van der Waals surface area contributed by atoms with E-state index in [9.17, 15) is 9.59 Å². The minimum atomic E-state index is -0.556. The third kappa shape index (κ3) is 5.81. The second-order valence-corrected chi connectivity index (χ2v) is 5.54. The van der Waals surface area contributed by atoms with Gasteiger partial charge in [0.2, 0.25) is 0 Å².